The Hall–Kier alpha value is -5.04. The van der Waals surface area contributed by atoms with Gasteiger partial charge in [-0.3, -0.25) is 9.78 Å². The van der Waals surface area contributed by atoms with Crippen molar-refractivity contribution in [3.05, 3.63) is 107 Å². The van der Waals surface area contributed by atoms with Crippen LogP contribution in [0.25, 0.3) is 22.2 Å². The summed E-state index contributed by atoms with van der Waals surface area (Å²) in [5.74, 6) is 1.29. The number of ether oxygens (including phenoxy) is 2. The number of carbonyl (C=O) groups is 2. The number of pyridine rings is 3. The number of nitrogens with zero attached hydrogens (tertiary/aromatic N) is 3. The van der Waals surface area contributed by atoms with Crippen molar-refractivity contribution in [1.29, 1.82) is 0 Å². The summed E-state index contributed by atoms with van der Waals surface area (Å²) < 4.78 is 11.4. The molecule has 2 amide bonds. The topological polar surface area (TPSA) is 148 Å². The van der Waals surface area contributed by atoms with E-state index in [1.54, 1.807) is 25.4 Å². The minimum absolute atomic E-state index is 0.0311. The number of nitrogens with one attached hydrogen (secondary N) is 3. The summed E-state index contributed by atoms with van der Waals surface area (Å²) in [6, 6.07) is 25.4. The van der Waals surface area contributed by atoms with Crippen molar-refractivity contribution in [1.82, 2.24) is 25.6 Å². The van der Waals surface area contributed by atoms with Gasteiger partial charge < -0.3 is 30.5 Å². The fourth-order valence-corrected chi connectivity index (χ4v) is 8.59. The predicted octanol–water partition coefficient (Wildman–Crippen LogP) is 6.37. The van der Waals surface area contributed by atoms with Gasteiger partial charge in [0, 0.05) is 36.3 Å². The molecule has 0 spiro atoms. The first-order valence-corrected chi connectivity index (χ1v) is 18.7. The Balaban J connectivity index is 0.978. The van der Waals surface area contributed by atoms with Crippen LogP contribution in [0.3, 0.4) is 0 Å². The molecule has 0 bridgehead atoms. The molecule has 11 nitrogen and oxygen atoms in total. The van der Waals surface area contributed by atoms with Gasteiger partial charge in [0.05, 0.1) is 40.5 Å². The van der Waals surface area contributed by atoms with E-state index in [0.717, 1.165) is 58.5 Å². The van der Waals surface area contributed by atoms with E-state index < -0.39 is 18.2 Å². The molecule has 12 heteroatoms. The molecule has 2 unspecified atom stereocenters. The van der Waals surface area contributed by atoms with Gasteiger partial charge in [0.1, 0.15) is 18.5 Å². The number of hydrogen-bond acceptors (Lipinski definition) is 10. The number of rotatable bonds is 10. The highest BCUT2D eigenvalue weighted by atomic mass is 32.2. The van der Waals surface area contributed by atoms with E-state index >= 15 is 0 Å². The van der Waals surface area contributed by atoms with Crippen LogP contribution in [0.5, 0.6) is 5.88 Å². The van der Waals surface area contributed by atoms with Gasteiger partial charge in [-0.15, -0.1) is 11.8 Å². The summed E-state index contributed by atoms with van der Waals surface area (Å²) in [5, 5.41) is 21.7. The van der Waals surface area contributed by atoms with Crippen molar-refractivity contribution in [3.8, 4) is 17.0 Å². The molecular formula is C40H40N6O5S. The normalized spacial score (nSPS) is 19.2. The van der Waals surface area contributed by atoms with Crippen LogP contribution < -0.4 is 20.7 Å². The number of benzene rings is 2. The van der Waals surface area contributed by atoms with Crippen LogP contribution in [-0.4, -0.2) is 63.6 Å². The first-order chi connectivity index (χ1) is 25.4. The summed E-state index contributed by atoms with van der Waals surface area (Å²) in [4.78, 5) is 40.3. The molecule has 0 saturated heterocycles. The van der Waals surface area contributed by atoms with Gasteiger partial charge in [0.15, 0.2) is 0 Å². The zero-order chi connectivity index (χ0) is 35.6. The Morgan fingerprint density at radius 3 is 2.46 bits per heavy atom. The molecular weight excluding hydrogens is 677 g/mol. The number of thioether (sulfide) groups is 1. The molecule has 2 atom stereocenters. The van der Waals surface area contributed by atoms with E-state index in [1.807, 2.05) is 42.5 Å². The van der Waals surface area contributed by atoms with Crippen LogP contribution in [-0.2, 0) is 16.1 Å². The standard InChI is InChI=1S/C40H40N6O5S/c1-50-35-17-15-32-37(45-35)30(18-19-41-32)38(48)36(46-40(49)51-21-31-28-8-4-2-6-26(28)27-7-3-5-9-29(27)31)23-10-12-24(13-11-23)42-20-25-14-16-33-39(43-25)44-34(47)22-52-33/h2-9,14-19,23-24,31,36,38,42,48H,10-13,20-22H2,1H3,(H,46,49)(H,43,44,47). The Bertz CT molecular complexity index is 2080. The van der Waals surface area contributed by atoms with E-state index in [0.29, 0.717) is 40.6 Å². The van der Waals surface area contributed by atoms with Crippen molar-refractivity contribution < 1.29 is 24.2 Å². The molecule has 5 aromatic rings. The Morgan fingerprint density at radius 2 is 1.71 bits per heavy atom. The van der Waals surface area contributed by atoms with Crippen molar-refractivity contribution in [2.75, 3.05) is 24.8 Å². The Morgan fingerprint density at radius 1 is 0.962 bits per heavy atom. The lowest BCUT2D eigenvalue weighted by Gasteiger charge is -2.37. The lowest BCUT2D eigenvalue weighted by molar-refractivity contribution is -0.113. The van der Waals surface area contributed by atoms with Crippen LogP contribution in [0.4, 0.5) is 10.6 Å². The second-order valence-electron chi connectivity index (χ2n) is 13.5. The highest BCUT2D eigenvalue weighted by Gasteiger charge is 2.36. The monoisotopic (exact) mass is 716 g/mol. The third-order valence-electron chi connectivity index (χ3n) is 10.5. The molecule has 2 aliphatic carbocycles. The first-order valence-electron chi connectivity index (χ1n) is 17.7. The summed E-state index contributed by atoms with van der Waals surface area (Å²) in [7, 11) is 1.55. The third-order valence-corrected chi connectivity index (χ3v) is 11.5. The fraction of sp³-hybridized carbons (Fsp3) is 0.325. The molecule has 3 aliphatic rings. The smallest absolute Gasteiger partial charge is 0.407 e. The summed E-state index contributed by atoms with van der Waals surface area (Å²) in [5.41, 5.74) is 7.17. The van der Waals surface area contributed by atoms with Crippen molar-refractivity contribution >= 4 is 40.6 Å². The lowest BCUT2D eigenvalue weighted by atomic mass is 9.78. The quantitative estimate of drug-likeness (QED) is 0.129. The Labute approximate surface area is 306 Å². The van der Waals surface area contributed by atoms with Crippen LogP contribution >= 0.6 is 11.8 Å². The third kappa shape index (κ3) is 6.93. The number of anilines is 1. The summed E-state index contributed by atoms with van der Waals surface area (Å²) in [6.45, 7) is 0.749. The van der Waals surface area contributed by atoms with Crippen LogP contribution in [0.1, 0.15) is 60.1 Å². The van der Waals surface area contributed by atoms with Gasteiger partial charge in [-0.1, -0.05) is 48.5 Å². The van der Waals surface area contributed by atoms with E-state index in [-0.39, 0.29) is 30.4 Å². The SMILES string of the molecule is COc1ccc2nccc(C(O)C(NC(=O)OCC3c4ccccc4-c4ccccc43)C3CCC(NCc4ccc5c(n4)NC(=O)CS5)CC3)c2n1. The van der Waals surface area contributed by atoms with Crippen molar-refractivity contribution in [2.24, 2.45) is 5.92 Å². The number of methoxy groups -OCH3 is 1. The minimum atomic E-state index is -1.08. The lowest BCUT2D eigenvalue weighted by Crippen LogP contribution is -2.47. The van der Waals surface area contributed by atoms with Crippen molar-refractivity contribution in [2.45, 2.75) is 61.2 Å². The fourth-order valence-electron chi connectivity index (χ4n) is 7.84. The molecule has 8 rings (SSSR count). The Kier molecular flexibility index (Phi) is 9.76. The van der Waals surface area contributed by atoms with Gasteiger partial charge in [0.25, 0.3) is 0 Å². The molecule has 3 aromatic heterocycles. The molecule has 1 saturated carbocycles. The van der Waals surface area contributed by atoms with Gasteiger partial charge in [-0.25, -0.2) is 14.8 Å². The number of hydrogen-bond donors (Lipinski definition) is 4. The average Bonchev–Trinajstić information content (AvgIpc) is 3.51. The second kappa shape index (κ2) is 14.9. The molecule has 266 valence electrons. The number of aliphatic hydroxyl groups is 1. The zero-order valence-corrected chi connectivity index (χ0v) is 29.6. The number of fused-ring (bicyclic) bond motifs is 5. The van der Waals surface area contributed by atoms with Crippen molar-refractivity contribution in [3.63, 3.8) is 0 Å². The summed E-state index contributed by atoms with van der Waals surface area (Å²) in [6.07, 6.45) is 3.24. The second-order valence-corrected chi connectivity index (χ2v) is 14.6. The van der Waals surface area contributed by atoms with Crippen LogP contribution in [0.2, 0.25) is 0 Å². The minimum Gasteiger partial charge on any atom is -0.481 e. The van der Waals surface area contributed by atoms with Crippen LogP contribution in [0.15, 0.2) is 90.0 Å². The van der Waals surface area contributed by atoms with E-state index in [1.165, 1.54) is 11.8 Å². The predicted molar refractivity (Wildman–Crippen MR) is 199 cm³/mol. The maximum Gasteiger partial charge on any atom is 0.407 e. The van der Waals surface area contributed by atoms with Gasteiger partial charge >= 0.3 is 6.09 Å². The number of carbonyl (C=O) groups excluding carboxylic acids is 2. The molecule has 1 fully saturated rings. The van der Waals surface area contributed by atoms with Gasteiger partial charge in [-0.05, 0) is 78.1 Å². The van der Waals surface area contributed by atoms with Gasteiger partial charge in [0.2, 0.25) is 11.8 Å². The molecule has 4 N–H and O–H groups in total. The zero-order valence-electron chi connectivity index (χ0n) is 28.7. The highest BCUT2D eigenvalue weighted by Crippen LogP contribution is 2.44. The highest BCUT2D eigenvalue weighted by molar-refractivity contribution is 8.00. The maximum absolute atomic E-state index is 13.7. The maximum atomic E-state index is 13.7. The number of alkyl carbamates (subject to hydrolysis) is 1. The summed E-state index contributed by atoms with van der Waals surface area (Å²) >= 11 is 1.50. The molecule has 52 heavy (non-hydrogen) atoms. The number of aliphatic hydroxyl groups excluding tert-OH is 1. The average molecular weight is 717 g/mol. The first kappa shape index (κ1) is 34.1. The van der Waals surface area contributed by atoms with Crippen LogP contribution in [0, 0.1) is 5.92 Å². The molecule has 4 heterocycles. The molecule has 0 radical (unpaired) electrons. The van der Waals surface area contributed by atoms with Gasteiger partial charge in [-0.2, -0.15) is 0 Å². The van der Waals surface area contributed by atoms with E-state index in [9.17, 15) is 14.7 Å². The van der Waals surface area contributed by atoms with E-state index in [4.69, 9.17) is 9.47 Å². The number of aromatic nitrogens is 3. The van der Waals surface area contributed by atoms with E-state index in [2.05, 4.69) is 55.2 Å². The molecule has 2 aromatic carbocycles. The number of amides is 2. The molecule has 1 aliphatic heterocycles. The largest absolute Gasteiger partial charge is 0.481 e.